The third kappa shape index (κ3) is 4.29. The topological polar surface area (TPSA) is 88.9 Å². The molecule has 0 bridgehead atoms. The van der Waals surface area contributed by atoms with Crippen molar-refractivity contribution in [3.05, 3.63) is 16.0 Å². The van der Waals surface area contributed by atoms with E-state index in [0.717, 1.165) is 15.3 Å². The van der Waals surface area contributed by atoms with Crippen LogP contribution in [0, 0.1) is 13.8 Å². The van der Waals surface area contributed by atoms with Crippen molar-refractivity contribution in [2.45, 2.75) is 20.8 Å². The summed E-state index contributed by atoms with van der Waals surface area (Å²) in [6.07, 6.45) is 0. The third-order valence-corrected chi connectivity index (χ3v) is 4.86. The van der Waals surface area contributed by atoms with E-state index < -0.39 is 5.97 Å². The maximum absolute atomic E-state index is 12.2. The highest BCUT2D eigenvalue weighted by atomic mass is 32.1. The van der Waals surface area contributed by atoms with Crippen molar-refractivity contribution in [2.24, 2.45) is 0 Å². The van der Waals surface area contributed by atoms with Crippen molar-refractivity contribution < 1.29 is 24.0 Å². The Labute approximate surface area is 139 Å². The Bertz CT molecular complexity index is 626. The fourth-order valence-corrected chi connectivity index (χ4v) is 3.53. The van der Waals surface area contributed by atoms with Gasteiger partial charge in [-0.1, -0.05) is 0 Å². The number of aryl methyl sites for hydroxylation is 1. The molecule has 2 rings (SSSR count). The van der Waals surface area contributed by atoms with Crippen LogP contribution in [0.5, 0.6) is 0 Å². The number of anilines is 1. The average Bonchev–Trinajstić information content (AvgIpc) is 2.73. The number of amides is 2. The van der Waals surface area contributed by atoms with E-state index in [1.807, 2.05) is 13.8 Å². The van der Waals surface area contributed by atoms with Crippen molar-refractivity contribution in [1.29, 1.82) is 0 Å². The average molecular weight is 340 g/mol. The zero-order valence-corrected chi connectivity index (χ0v) is 14.4. The van der Waals surface area contributed by atoms with Crippen LogP contribution in [0.3, 0.4) is 0 Å². The standard InChI is InChI=1S/C15H21N3O4S/c1-4-22-15(21)13-9(2)10(3)23-14(13)17-12(20)8-18-6-5-16-11(19)7-18/h4-8H2,1-3H3,(H,16,19)(H,17,20)/p+1. The molecule has 0 saturated carbocycles. The van der Waals surface area contributed by atoms with Crippen LogP contribution in [0.2, 0.25) is 0 Å². The minimum Gasteiger partial charge on any atom is -0.462 e. The van der Waals surface area contributed by atoms with Crippen molar-refractivity contribution in [3.8, 4) is 0 Å². The van der Waals surface area contributed by atoms with Crippen LogP contribution in [0.1, 0.15) is 27.7 Å². The molecule has 2 amide bonds. The molecule has 0 spiro atoms. The summed E-state index contributed by atoms with van der Waals surface area (Å²) in [5.41, 5.74) is 1.25. The van der Waals surface area contributed by atoms with Gasteiger partial charge in [-0.25, -0.2) is 4.79 Å². The second-order valence-electron chi connectivity index (χ2n) is 5.46. The van der Waals surface area contributed by atoms with Gasteiger partial charge in [0.1, 0.15) is 5.00 Å². The molecule has 0 radical (unpaired) electrons. The van der Waals surface area contributed by atoms with E-state index in [2.05, 4.69) is 10.6 Å². The summed E-state index contributed by atoms with van der Waals surface area (Å²) in [4.78, 5) is 37.6. The van der Waals surface area contributed by atoms with Gasteiger partial charge >= 0.3 is 5.97 Å². The van der Waals surface area contributed by atoms with E-state index in [1.165, 1.54) is 11.3 Å². The lowest BCUT2D eigenvalue weighted by atomic mass is 10.1. The first-order valence-corrected chi connectivity index (χ1v) is 8.41. The highest BCUT2D eigenvalue weighted by Crippen LogP contribution is 2.32. The van der Waals surface area contributed by atoms with Gasteiger partial charge in [-0.2, -0.15) is 0 Å². The van der Waals surface area contributed by atoms with Gasteiger partial charge in [-0.05, 0) is 26.3 Å². The van der Waals surface area contributed by atoms with Gasteiger partial charge in [-0.3, -0.25) is 9.59 Å². The molecule has 3 N–H and O–H groups in total. The molecule has 1 saturated heterocycles. The second-order valence-corrected chi connectivity index (χ2v) is 6.68. The first kappa shape index (κ1) is 17.4. The SMILES string of the molecule is CCOC(=O)c1c(NC(=O)C[NH+]2CCNC(=O)C2)sc(C)c1C. The normalized spacial score (nSPS) is 17.5. The lowest BCUT2D eigenvalue weighted by Gasteiger charge is -2.22. The number of hydrogen-bond acceptors (Lipinski definition) is 5. The molecule has 1 unspecified atom stereocenters. The van der Waals surface area contributed by atoms with Gasteiger partial charge in [0, 0.05) is 4.88 Å². The fourth-order valence-electron chi connectivity index (χ4n) is 2.47. The maximum atomic E-state index is 12.2. The molecule has 2 heterocycles. The van der Waals surface area contributed by atoms with Crippen molar-refractivity contribution in [3.63, 3.8) is 0 Å². The minimum atomic E-state index is -0.422. The molecule has 8 heteroatoms. The monoisotopic (exact) mass is 340 g/mol. The molecule has 1 aromatic rings. The molecule has 1 aliphatic rings. The summed E-state index contributed by atoms with van der Waals surface area (Å²) >= 11 is 1.36. The molecule has 1 atom stereocenters. The summed E-state index contributed by atoms with van der Waals surface area (Å²) in [6.45, 7) is 7.56. The van der Waals surface area contributed by atoms with Crippen LogP contribution in [0.4, 0.5) is 5.00 Å². The highest BCUT2D eigenvalue weighted by molar-refractivity contribution is 7.16. The molecule has 1 fully saturated rings. The smallest absolute Gasteiger partial charge is 0.341 e. The third-order valence-electron chi connectivity index (χ3n) is 3.74. The van der Waals surface area contributed by atoms with Gasteiger partial charge in [0.2, 0.25) is 0 Å². The van der Waals surface area contributed by atoms with Gasteiger partial charge in [-0.15, -0.1) is 11.3 Å². The van der Waals surface area contributed by atoms with Gasteiger partial charge in [0.15, 0.2) is 13.1 Å². The molecule has 0 aromatic carbocycles. The van der Waals surface area contributed by atoms with Crippen molar-refractivity contribution in [2.75, 3.05) is 38.1 Å². The Morgan fingerprint density at radius 3 is 2.78 bits per heavy atom. The lowest BCUT2D eigenvalue weighted by molar-refractivity contribution is -0.885. The molecule has 23 heavy (non-hydrogen) atoms. The number of carbonyl (C=O) groups is 3. The van der Waals surface area contributed by atoms with Crippen molar-refractivity contribution in [1.82, 2.24) is 5.32 Å². The van der Waals surface area contributed by atoms with Crippen molar-refractivity contribution >= 4 is 34.1 Å². The molecule has 1 aliphatic heterocycles. The summed E-state index contributed by atoms with van der Waals surface area (Å²) in [5.74, 6) is -0.676. The number of nitrogens with one attached hydrogen (secondary N) is 3. The van der Waals surface area contributed by atoms with Crippen LogP contribution in [-0.2, 0) is 14.3 Å². The first-order chi connectivity index (χ1) is 10.9. The summed E-state index contributed by atoms with van der Waals surface area (Å²) < 4.78 is 5.07. The Kier molecular flexibility index (Phi) is 5.73. The Balaban J connectivity index is 2.07. The first-order valence-electron chi connectivity index (χ1n) is 7.59. The fraction of sp³-hybridized carbons (Fsp3) is 0.533. The molecule has 0 aliphatic carbocycles. The van der Waals surface area contributed by atoms with E-state index in [0.29, 0.717) is 30.2 Å². The van der Waals surface area contributed by atoms with E-state index >= 15 is 0 Å². The highest BCUT2D eigenvalue weighted by Gasteiger charge is 2.25. The quantitative estimate of drug-likeness (QED) is 0.630. The van der Waals surface area contributed by atoms with E-state index in [1.54, 1.807) is 6.92 Å². The Morgan fingerprint density at radius 2 is 2.13 bits per heavy atom. The van der Waals surface area contributed by atoms with E-state index in [-0.39, 0.29) is 25.0 Å². The predicted octanol–water partition coefficient (Wildman–Crippen LogP) is -0.505. The number of quaternary nitrogens is 1. The van der Waals surface area contributed by atoms with Gasteiger partial charge < -0.3 is 20.3 Å². The molecular formula is C15H22N3O4S+. The lowest BCUT2D eigenvalue weighted by Crippen LogP contribution is -3.16. The molecule has 1 aromatic heterocycles. The Morgan fingerprint density at radius 1 is 1.39 bits per heavy atom. The van der Waals surface area contributed by atoms with E-state index in [9.17, 15) is 14.4 Å². The predicted molar refractivity (Wildman–Crippen MR) is 87.0 cm³/mol. The summed E-state index contributed by atoms with van der Waals surface area (Å²) in [5, 5.41) is 6.05. The van der Waals surface area contributed by atoms with Crippen LogP contribution in [0.25, 0.3) is 0 Å². The largest absolute Gasteiger partial charge is 0.462 e. The number of rotatable bonds is 5. The van der Waals surface area contributed by atoms with Gasteiger partial charge in [0.25, 0.3) is 11.8 Å². The number of carbonyl (C=O) groups excluding carboxylic acids is 3. The summed E-state index contributed by atoms with van der Waals surface area (Å²) in [7, 11) is 0. The zero-order chi connectivity index (χ0) is 17.0. The van der Waals surface area contributed by atoms with E-state index in [4.69, 9.17) is 4.74 Å². The maximum Gasteiger partial charge on any atom is 0.341 e. The van der Waals surface area contributed by atoms with Crippen LogP contribution in [-0.4, -0.2) is 50.6 Å². The molecular weight excluding hydrogens is 318 g/mol. The summed E-state index contributed by atoms with van der Waals surface area (Å²) in [6, 6.07) is 0. The number of piperazine rings is 1. The second kappa shape index (κ2) is 7.56. The zero-order valence-electron chi connectivity index (χ0n) is 13.6. The van der Waals surface area contributed by atoms with Crippen LogP contribution >= 0.6 is 11.3 Å². The van der Waals surface area contributed by atoms with Crippen LogP contribution < -0.4 is 15.5 Å². The van der Waals surface area contributed by atoms with Crippen LogP contribution in [0.15, 0.2) is 0 Å². The number of ether oxygens (including phenoxy) is 1. The number of thiophene rings is 1. The Hall–Kier alpha value is -1.93. The molecule has 126 valence electrons. The number of hydrogen-bond donors (Lipinski definition) is 3. The number of esters is 1. The van der Waals surface area contributed by atoms with Gasteiger partial charge in [0.05, 0.1) is 25.3 Å². The molecule has 7 nitrogen and oxygen atoms in total. The minimum absolute atomic E-state index is 0.0472.